The first-order chi connectivity index (χ1) is 19.5. The smallest absolute Gasteiger partial charge is 0.238 e. The number of rotatable bonds is 13. The van der Waals surface area contributed by atoms with E-state index >= 15 is 0 Å². The second-order valence-corrected chi connectivity index (χ2v) is 10.6. The number of carbonyl (C=O) groups is 2. The van der Waals surface area contributed by atoms with Gasteiger partial charge in [0.25, 0.3) is 0 Å². The van der Waals surface area contributed by atoms with Gasteiger partial charge in [0.2, 0.25) is 11.8 Å². The molecule has 9 heteroatoms. The minimum absolute atomic E-state index is 0.182. The van der Waals surface area contributed by atoms with Crippen molar-refractivity contribution in [2.75, 3.05) is 13.1 Å². The number of pyridine rings is 1. The fourth-order valence-corrected chi connectivity index (χ4v) is 4.07. The van der Waals surface area contributed by atoms with Crippen LogP contribution < -0.4 is 22.1 Å². The lowest BCUT2D eigenvalue weighted by atomic mass is 9.92. The van der Waals surface area contributed by atoms with Gasteiger partial charge in [0.1, 0.15) is 11.6 Å². The molecule has 7 nitrogen and oxygen atoms in total. The molecule has 3 aromatic rings. The van der Waals surface area contributed by atoms with E-state index in [1.54, 1.807) is 12.4 Å². The normalized spacial score (nSPS) is 12.5. The molecule has 0 bridgehead atoms. The van der Waals surface area contributed by atoms with E-state index < -0.39 is 29.1 Å². The molecule has 0 fully saturated rings. The van der Waals surface area contributed by atoms with Crippen LogP contribution in [0.1, 0.15) is 51.7 Å². The first kappa shape index (κ1) is 33.5. The molecule has 2 atom stereocenters. The van der Waals surface area contributed by atoms with Crippen LogP contribution in [-0.4, -0.2) is 42.0 Å². The summed E-state index contributed by atoms with van der Waals surface area (Å²) in [6.45, 7) is 8.43. The largest absolute Gasteiger partial charge is 0.356 e. The fourth-order valence-electron chi connectivity index (χ4n) is 4.07. The molecular formula is C32H43F2N5O2. The molecule has 2 unspecified atom stereocenters. The first-order valence-corrected chi connectivity index (χ1v) is 14.0. The van der Waals surface area contributed by atoms with E-state index in [0.717, 1.165) is 34.9 Å². The number of halogens is 2. The lowest BCUT2D eigenvalue weighted by Gasteiger charge is -2.27. The summed E-state index contributed by atoms with van der Waals surface area (Å²) in [4.78, 5) is 29.0. The maximum absolute atomic E-state index is 13.7. The Bertz CT molecular complexity index is 1240. The van der Waals surface area contributed by atoms with Gasteiger partial charge in [0.05, 0.1) is 6.04 Å². The Kier molecular flexibility index (Phi) is 13.5. The van der Waals surface area contributed by atoms with Crippen LogP contribution in [0.3, 0.4) is 0 Å². The van der Waals surface area contributed by atoms with Crippen molar-refractivity contribution in [3.63, 3.8) is 0 Å². The average Bonchev–Trinajstić information content (AvgIpc) is 2.98. The third kappa shape index (κ3) is 11.4. The average molecular weight is 568 g/mol. The fraction of sp³-hybridized carbons (Fsp3) is 0.406. The zero-order valence-corrected chi connectivity index (χ0v) is 24.4. The third-order valence-electron chi connectivity index (χ3n) is 6.55. The predicted octanol–water partition coefficient (Wildman–Crippen LogP) is 4.53. The number of aromatic nitrogens is 1. The highest BCUT2D eigenvalue weighted by Crippen LogP contribution is 2.19. The number of hydrogen-bond donors (Lipinski definition) is 4. The van der Waals surface area contributed by atoms with Crippen LogP contribution in [0.5, 0.6) is 0 Å². The van der Waals surface area contributed by atoms with Gasteiger partial charge in [0.15, 0.2) is 0 Å². The topological polar surface area (TPSA) is 123 Å². The molecule has 222 valence electrons. The Balaban J connectivity index is 0.00000287. The van der Waals surface area contributed by atoms with E-state index in [-0.39, 0.29) is 30.2 Å². The van der Waals surface area contributed by atoms with Crippen molar-refractivity contribution in [2.24, 2.45) is 16.9 Å². The van der Waals surface area contributed by atoms with Gasteiger partial charge in [0, 0.05) is 37.9 Å². The minimum atomic E-state index is -0.892. The van der Waals surface area contributed by atoms with Gasteiger partial charge in [-0.2, -0.15) is 0 Å². The van der Waals surface area contributed by atoms with E-state index in [1.165, 1.54) is 0 Å². The Hall–Kier alpha value is -3.69. The van der Waals surface area contributed by atoms with Gasteiger partial charge in [-0.25, -0.2) is 8.78 Å². The second-order valence-electron chi connectivity index (χ2n) is 10.6. The van der Waals surface area contributed by atoms with Gasteiger partial charge in [-0.15, -0.1) is 0 Å². The van der Waals surface area contributed by atoms with E-state index in [1.807, 2.05) is 64.1 Å². The maximum Gasteiger partial charge on any atom is 0.238 e. The van der Waals surface area contributed by atoms with Gasteiger partial charge >= 0.3 is 0 Å². The quantitative estimate of drug-likeness (QED) is 0.242. The van der Waals surface area contributed by atoms with Crippen molar-refractivity contribution >= 4 is 11.8 Å². The van der Waals surface area contributed by atoms with Gasteiger partial charge in [-0.05, 0) is 71.2 Å². The summed E-state index contributed by atoms with van der Waals surface area (Å²) < 4.78 is 27.0. The summed E-state index contributed by atoms with van der Waals surface area (Å²) in [5, 5.41) is 5.68. The number of nitrogens with one attached hydrogen (secondary N) is 2. The zero-order valence-electron chi connectivity index (χ0n) is 24.4. The van der Waals surface area contributed by atoms with Gasteiger partial charge < -0.3 is 22.1 Å². The molecule has 2 aromatic carbocycles. The van der Waals surface area contributed by atoms with E-state index in [9.17, 15) is 18.4 Å². The van der Waals surface area contributed by atoms with E-state index in [4.69, 9.17) is 11.5 Å². The number of benzene rings is 2. The van der Waals surface area contributed by atoms with Crippen molar-refractivity contribution in [1.82, 2.24) is 15.6 Å². The summed E-state index contributed by atoms with van der Waals surface area (Å²) >= 11 is 0. The number of amides is 2. The SMILES string of the molecule is CC.CC(C)(CNC(=O)CCCc1cc(F)ccc1F)CNC(=O)C(N)C(N)Cc1ccc(-c2cccnc2)cc1. The predicted molar refractivity (Wildman–Crippen MR) is 160 cm³/mol. The Morgan fingerprint density at radius 2 is 1.63 bits per heavy atom. The highest BCUT2D eigenvalue weighted by molar-refractivity contribution is 5.82. The Morgan fingerprint density at radius 1 is 0.951 bits per heavy atom. The highest BCUT2D eigenvalue weighted by Gasteiger charge is 2.25. The Morgan fingerprint density at radius 3 is 2.29 bits per heavy atom. The van der Waals surface area contributed by atoms with Crippen molar-refractivity contribution in [2.45, 2.75) is 65.5 Å². The molecule has 6 N–H and O–H groups in total. The lowest BCUT2D eigenvalue weighted by molar-refractivity contribution is -0.123. The molecule has 3 rings (SSSR count). The third-order valence-corrected chi connectivity index (χ3v) is 6.55. The van der Waals surface area contributed by atoms with Crippen LogP contribution in [0.15, 0.2) is 67.0 Å². The minimum Gasteiger partial charge on any atom is -0.356 e. The molecule has 0 aliphatic carbocycles. The monoisotopic (exact) mass is 567 g/mol. The summed E-state index contributed by atoms with van der Waals surface area (Å²) in [5.41, 5.74) is 15.2. The van der Waals surface area contributed by atoms with Gasteiger partial charge in [-0.3, -0.25) is 14.6 Å². The maximum atomic E-state index is 13.7. The number of nitrogens with two attached hydrogens (primary N) is 2. The van der Waals surface area contributed by atoms with Crippen LogP contribution in [0.25, 0.3) is 11.1 Å². The molecule has 41 heavy (non-hydrogen) atoms. The molecule has 0 spiro atoms. The molecule has 2 amide bonds. The number of aryl methyl sites for hydroxylation is 1. The van der Waals surface area contributed by atoms with Crippen molar-refractivity contribution in [3.8, 4) is 11.1 Å². The van der Waals surface area contributed by atoms with E-state index in [0.29, 0.717) is 25.9 Å². The van der Waals surface area contributed by atoms with Crippen LogP contribution in [0, 0.1) is 17.0 Å². The lowest BCUT2D eigenvalue weighted by Crippen LogP contribution is -2.54. The molecule has 0 saturated heterocycles. The van der Waals surface area contributed by atoms with Crippen LogP contribution >= 0.6 is 0 Å². The molecule has 0 radical (unpaired) electrons. The Labute approximate surface area is 242 Å². The highest BCUT2D eigenvalue weighted by atomic mass is 19.1. The summed E-state index contributed by atoms with van der Waals surface area (Å²) in [5.74, 6) is -1.54. The van der Waals surface area contributed by atoms with Gasteiger partial charge in [-0.1, -0.05) is 58.0 Å². The molecule has 1 aromatic heterocycles. The van der Waals surface area contributed by atoms with Crippen molar-refractivity contribution in [1.29, 1.82) is 0 Å². The number of hydrogen-bond acceptors (Lipinski definition) is 5. The summed E-state index contributed by atoms with van der Waals surface area (Å²) in [7, 11) is 0. The van der Waals surface area contributed by atoms with Crippen LogP contribution in [0.2, 0.25) is 0 Å². The molecular weight excluding hydrogens is 524 g/mol. The molecule has 0 saturated carbocycles. The zero-order chi connectivity index (χ0) is 30.4. The molecule has 0 aliphatic heterocycles. The van der Waals surface area contributed by atoms with E-state index in [2.05, 4.69) is 15.6 Å². The first-order valence-electron chi connectivity index (χ1n) is 14.0. The van der Waals surface area contributed by atoms with Crippen molar-refractivity contribution < 1.29 is 18.4 Å². The van der Waals surface area contributed by atoms with Crippen molar-refractivity contribution in [3.05, 3.63) is 89.8 Å². The number of nitrogens with zero attached hydrogens (tertiary/aromatic N) is 1. The van der Waals surface area contributed by atoms with Crippen LogP contribution in [0.4, 0.5) is 8.78 Å². The number of carbonyl (C=O) groups excluding carboxylic acids is 2. The summed E-state index contributed by atoms with van der Waals surface area (Å²) in [6, 6.07) is 13.6. The molecule has 1 heterocycles. The van der Waals surface area contributed by atoms with Crippen LogP contribution in [-0.2, 0) is 22.4 Å². The molecule has 0 aliphatic rings. The summed E-state index contributed by atoms with van der Waals surface area (Å²) in [6.07, 6.45) is 4.81. The second kappa shape index (κ2) is 16.5. The standard InChI is InChI=1S/C30H37F2N5O2.C2H6/c1-30(2,18-36-27(38)7-3-5-22-16-24(31)12-13-25(22)32)19-37-29(39)28(34)26(33)15-20-8-10-21(11-9-20)23-6-4-14-35-17-23;1-2/h4,6,8-14,16-17,26,28H,3,5,7,15,18-19,33-34H2,1-2H3,(H,36,38)(H,37,39);1-2H3.